The fraction of sp³-hybridized carbons (Fsp3) is 0.227. The second-order valence-corrected chi connectivity index (χ2v) is 7.45. The third-order valence-corrected chi connectivity index (χ3v) is 5.23. The van der Waals surface area contributed by atoms with Crippen molar-refractivity contribution in [3.8, 4) is 11.5 Å². The summed E-state index contributed by atoms with van der Waals surface area (Å²) in [5.41, 5.74) is 2.49. The zero-order valence-corrected chi connectivity index (χ0v) is 18.7. The Morgan fingerprint density at radius 2 is 1.84 bits per heavy atom. The van der Waals surface area contributed by atoms with Gasteiger partial charge in [0.05, 0.1) is 31.0 Å². The molecule has 31 heavy (non-hydrogen) atoms. The Bertz CT molecular complexity index is 1060. The van der Waals surface area contributed by atoms with Crippen molar-refractivity contribution in [1.82, 2.24) is 10.6 Å². The maximum absolute atomic E-state index is 12.7. The highest BCUT2D eigenvalue weighted by molar-refractivity contribution is 7.80. The molecule has 1 heterocycles. The van der Waals surface area contributed by atoms with E-state index in [4.69, 9.17) is 33.3 Å². The van der Waals surface area contributed by atoms with Gasteiger partial charge < -0.3 is 24.8 Å². The molecule has 162 valence electrons. The Morgan fingerprint density at radius 3 is 2.45 bits per heavy atom. The number of benzene rings is 2. The second-order valence-electron chi connectivity index (χ2n) is 6.63. The minimum absolute atomic E-state index is 0.146. The fourth-order valence-corrected chi connectivity index (χ4v) is 3.73. The van der Waals surface area contributed by atoms with Gasteiger partial charge in [-0.05, 0) is 30.8 Å². The molecule has 2 aromatic rings. The molecule has 0 radical (unpaired) electrons. The predicted molar refractivity (Wildman–Crippen MR) is 121 cm³/mol. The van der Waals surface area contributed by atoms with Crippen LogP contribution in [0.2, 0.25) is 5.02 Å². The Morgan fingerprint density at radius 1 is 1.13 bits per heavy atom. The molecule has 9 heteroatoms. The lowest BCUT2D eigenvalue weighted by Crippen LogP contribution is -2.44. The SMILES string of the molecule is COC(=O)COc1cc(Cl)c([C@H]2NC(=S)NC(c3ccccc3)=C2C(C)=O)cc1OC. The molecule has 2 aromatic carbocycles. The van der Waals surface area contributed by atoms with Crippen LogP contribution < -0.4 is 20.1 Å². The van der Waals surface area contributed by atoms with Crippen LogP contribution in [-0.4, -0.2) is 37.7 Å². The molecular formula is C22H21ClN2O5S. The number of thiocarbonyl (C=S) groups is 1. The molecule has 2 N–H and O–H groups in total. The molecule has 1 atom stereocenters. The second kappa shape index (κ2) is 9.80. The molecule has 3 rings (SSSR count). The molecule has 1 aliphatic heterocycles. The van der Waals surface area contributed by atoms with Crippen LogP contribution in [0.1, 0.15) is 24.1 Å². The molecule has 0 aromatic heterocycles. The number of esters is 1. The highest BCUT2D eigenvalue weighted by Gasteiger charge is 2.32. The van der Waals surface area contributed by atoms with Gasteiger partial charge in [-0.2, -0.15) is 0 Å². The average Bonchev–Trinajstić information content (AvgIpc) is 2.77. The molecule has 0 bridgehead atoms. The summed E-state index contributed by atoms with van der Waals surface area (Å²) in [5.74, 6) is -0.0668. The van der Waals surface area contributed by atoms with E-state index in [0.29, 0.717) is 32.7 Å². The van der Waals surface area contributed by atoms with Gasteiger partial charge in [-0.3, -0.25) is 4.79 Å². The molecule has 0 saturated carbocycles. The van der Waals surface area contributed by atoms with Gasteiger partial charge in [-0.15, -0.1) is 0 Å². The van der Waals surface area contributed by atoms with Crippen molar-refractivity contribution in [3.05, 3.63) is 64.2 Å². The minimum atomic E-state index is -0.613. The summed E-state index contributed by atoms with van der Waals surface area (Å²) in [6, 6.07) is 12.0. The van der Waals surface area contributed by atoms with Crippen LogP contribution in [0, 0.1) is 0 Å². The molecule has 0 aliphatic carbocycles. The van der Waals surface area contributed by atoms with Crippen LogP contribution in [0.15, 0.2) is 48.0 Å². The Balaban J connectivity index is 2.10. The number of methoxy groups -OCH3 is 2. The van der Waals surface area contributed by atoms with Gasteiger partial charge in [0.1, 0.15) is 0 Å². The largest absolute Gasteiger partial charge is 0.493 e. The number of Topliss-reactive ketones (excluding diaryl/α,β-unsaturated/α-hetero) is 1. The summed E-state index contributed by atoms with van der Waals surface area (Å²) < 4.78 is 15.5. The quantitative estimate of drug-likeness (QED) is 0.480. The summed E-state index contributed by atoms with van der Waals surface area (Å²) in [6.45, 7) is 1.19. The van der Waals surface area contributed by atoms with E-state index in [0.717, 1.165) is 5.56 Å². The Kier molecular flexibility index (Phi) is 7.14. The maximum Gasteiger partial charge on any atom is 0.343 e. The van der Waals surface area contributed by atoms with Crippen LogP contribution in [0.5, 0.6) is 11.5 Å². The number of halogens is 1. The van der Waals surface area contributed by atoms with Crippen molar-refractivity contribution in [2.45, 2.75) is 13.0 Å². The molecule has 0 unspecified atom stereocenters. The summed E-state index contributed by atoms with van der Waals surface area (Å²) in [6.07, 6.45) is 0. The van der Waals surface area contributed by atoms with Crippen molar-refractivity contribution in [2.75, 3.05) is 20.8 Å². The predicted octanol–water partition coefficient (Wildman–Crippen LogP) is 3.42. The van der Waals surface area contributed by atoms with Gasteiger partial charge in [-0.1, -0.05) is 41.9 Å². The number of ether oxygens (including phenoxy) is 3. The van der Waals surface area contributed by atoms with Crippen LogP contribution in [0.4, 0.5) is 0 Å². The number of carbonyl (C=O) groups excluding carboxylic acids is 2. The van der Waals surface area contributed by atoms with Gasteiger partial charge in [-0.25, -0.2) is 4.79 Å². The van der Waals surface area contributed by atoms with Crippen molar-refractivity contribution in [2.24, 2.45) is 0 Å². The van der Waals surface area contributed by atoms with E-state index in [2.05, 4.69) is 15.4 Å². The van der Waals surface area contributed by atoms with Gasteiger partial charge >= 0.3 is 5.97 Å². The Hall–Kier alpha value is -3.10. The van der Waals surface area contributed by atoms with Gasteiger partial charge in [0.2, 0.25) is 0 Å². The molecule has 0 saturated heterocycles. The van der Waals surface area contributed by atoms with Gasteiger partial charge in [0.15, 0.2) is 29.0 Å². The third-order valence-electron chi connectivity index (χ3n) is 4.68. The molecular weight excluding hydrogens is 440 g/mol. The average molecular weight is 461 g/mol. The van der Waals surface area contributed by atoms with E-state index >= 15 is 0 Å². The highest BCUT2D eigenvalue weighted by atomic mass is 35.5. The lowest BCUT2D eigenvalue weighted by molar-refractivity contribution is -0.142. The van der Waals surface area contributed by atoms with Crippen molar-refractivity contribution < 1.29 is 23.8 Å². The summed E-state index contributed by atoms with van der Waals surface area (Å²) in [7, 11) is 2.74. The zero-order chi connectivity index (χ0) is 22.5. The smallest absolute Gasteiger partial charge is 0.343 e. The Labute approximate surface area is 190 Å². The first-order valence-corrected chi connectivity index (χ1v) is 10.1. The van der Waals surface area contributed by atoms with Gasteiger partial charge in [0.25, 0.3) is 0 Å². The zero-order valence-electron chi connectivity index (χ0n) is 17.2. The number of hydrogen-bond acceptors (Lipinski definition) is 6. The minimum Gasteiger partial charge on any atom is -0.493 e. The third kappa shape index (κ3) is 4.98. The number of hydrogen-bond donors (Lipinski definition) is 2. The summed E-state index contributed by atoms with van der Waals surface area (Å²) in [4.78, 5) is 24.1. The van der Waals surface area contributed by atoms with E-state index in [1.807, 2.05) is 30.3 Å². The normalized spacial score (nSPS) is 15.6. The van der Waals surface area contributed by atoms with Crippen molar-refractivity contribution in [3.63, 3.8) is 0 Å². The molecule has 1 aliphatic rings. The summed E-state index contributed by atoms with van der Waals surface area (Å²) >= 11 is 12.0. The number of ketones is 1. The van der Waals surface area contributed by atoms with E-state index < -0.39 is 12.0 Å². The molecule has 0 spiro atoms. The van der Waals surface area contributed by atoms with Crippen molar-refractivity contribution >= 4 is 46.4 Å². The van der Waals surface area contributed by atoms with Crippen LogP contribution in [-0.2, 0) is 14.3 Å². The monoisotopic (exact) mass is 460 g/mol. The van der Waals surface area contributed by atoms with E-state index in [1.54, 1.807) is 6.07 Å². The van der Waals surface area contributed by atoms with Crippen LogP contribution in [0.3, 0.4) is 0 Å². The van der Waals surface area contributed by atoms with Crippen molar-refractivity contribution in [1.29, 1.82) is 0 Å². The lowest BCUT2D eigenvalue weighted by Gasteiger charge is -2.32. The number of nitrogens with one attached hydrogen (secondary N) is 2. The summed E-state index contributed by atoms with van der Waals surface area (Å²) in [5, 5.41) is 6.88. The van der Waals surface area contributed by atoms with Crippen LogP contribution in [0.25, 0.3) is 5.70 Å². The first-order chi connectivity index (χ1) is 14.8. The van der Waals surface area contributed by atoms with E-state index in [-0.39, 0.29) is 18.1 Å². The molecule has 0 amide bonds. The van der Waals surface area contributed by atoms with E-state index in [1.165, 1.54) is 27.2 Å². The van der Waals surface area contributed by atoms with Crippen LogP contribution >= 0.6 is 23.8 Å². The maximum atomic E-state index is 12.7. The first-order valence-electron chi connectivity index (χ1n) is 9.30. The van der Waals surface area contributed by atoms with E-state index in [9.17, 15) is 9.59 Å². The fourth-order valence-electron chi connectivity index (χ4n) is 3.25. The molecule has 0 fully saturated rings. The number of carbonyl (C=O) groups is 2. The number of rotatable bonds is 7. The molecule has 7 nitrogen and oxygen atoms in total. The standard InChI is InChI=1S/C22H21ClN2O5S/c1-12(26)19-20(13-7-5-4-6-8-13)24-22(31)25-21(19)14-9-16(28-2)17(10-15(14)23)30-11-18(27)29-3/h4-10,21H,11H2,1-3H3,(H2,24,25,31)/t21-/m1/s1. The topological polar surface area (TPSA) is 85.9 Å². The lowest BCUT2D eigenvalue weighted by atomic mass is 9.90. The highest BCUT2D eigenvalue weighted by Crippen LogP contribution is 2.40. The van der Waals surface area contributed by atoms with Gasteiger partial charge in [0, 0.05) is 17.2 Å². The first kappa shape index (κ1) is 22.6.